The molecule has 1 unspecified atom stereocenters. The van der Waals surface area contributed by atoms with Gasteiger partial charge in [0.15, 0.2) is 0 Å². The van der Waals surface area contributed by atoms with Crippen LogP contribution in [0.4, 0.5) is 5.69 Å². The molecule has 2 heterocycles. The monoisotopic (exact) mass is 256 g/mol. The quantitative estimate of drug-likeness (QED) is 0.889. The molecule has 1 aromatic carbocycles. The zero-order chi connectivity index (χ0) is 13.1. The van der Waals surface area contributed by atoms with Crippen LogP contribution in [0.15, 0.2) is 47.1 Å². The van der Waals surface area contributed by atoms with E-state index >= 15 is 0 Å². The average Bonchev–Trinajstić information content (AvgIpc) is 3.08. The van der Waals surface area contributed by atoms with Gasteiger partial charge >= 0.3 is 0 Å². The molecule has 0 radical (unpaired) electrons. The van der Waals surface area contributed by atoms with E-state index in [1.807, 2.05) is 12.1 Å². The Kier molecular flexibility index (Phi) is 3.56. The van der Waals surface area contributed by atoms with Crippen molar-refractivity contribution >= 4 is 5.69 Å². The number of furan rings is 1. The van der Waals surface area contributed by atoms with Gasteiger partial charge in [0, 0.05) is 24.7 Å². The number of para-hydroxylation sites is 1. The SMILES string of the molecule is CCN(Cc1ccco1)CC1CNc2ccccc21. The maximum Gasteiger partial charge on any atom is 0.117 e. The number of nitrogens with zero attached hydrogens (tertiary/aromatic N) is 1. The Morgan fingerprint density at radius 1 is 1.26 bits per heavy atom. The van der Waals surface area contributed by atoms with E-state index in [0.29, 0.717) is 5.92 Å². The van der Waals surface area contributed by atoms with Crippen LogP contribution in [0.5, 0.6) is 0 Å². The first-order chi connectivity index (χ1) is 9.36. The molecule has 0 amide bonds. The van der Waals surface area contributed by atoms with E-state index in [9.17, 15) is 0 Å². The van der Waals surface area contributed by atoms with Crippen LogP contribution in [-0.2, 0) is 6.54 Å². The van der Waals surface area contributed by atoms with Gasteiger partial charge in [0.25, 0.3) is 0 Å². The summed E-state index contributed by atoms with van der Waals surface area (Å²) < 4.78 is 5.44. The lowest BCUT2D eigenvalue weighted by atomic mass is 10.0. The third kappa shape index (κ3) is 2.66. The summed E-state index contributed by atoms with van der Waals surface area (Å²) in [7, 11) is 0. The number of rotatable bonds is 5. The summed E-state index contributed by atoms with van der Waals surface area (Å²) in [6, 6.07) is 12.6. The van der Waals surface area contributed by atoms with Crippen molar-refractivity contribution in [2.75, 3.05) is 25.0 Å². The Balaban J connectivity index is 1.67. The highest BCUT2D eigenvalue weighted by molar-refractivity contribution is 5.57. The van der Waals surface area contributed by atoms with Gasteiger partial charge in [-0.2, -0.15) is 0 Å². The topological polar surface area (TPSA) is 28.4 Å². The summed E-state index contributed by atoms with van der Waals surface area (Å²) in [4.78, 5) is 2.44. The van der Waals surface area contributed by atoms with Gasteiger partial charge in [-0.3, -0.25) is 4.90 Å². The number of fused-ring (bicyclic) bond motifs is 1. The number of likely N-dealkylation sites (N-methyl/N-ethyl adjacent to an activating group) is 1. The Labute approximate surface area is 114 Å². The van der Waals surface area contributed by atoms with Crippen molar-refractivity contribution in [3.8, 4) is 0 Å². The number of anilines is 1. The molecule has 1 aliphatic heterocycles. The van der Waals surface area contributed by atoms with Crippen LogP contribution in [0.3, 0.4) is 0 Å². The van der Waals surface area contributed by atoms with E-state index in [1.165, 1.54) is 11.3 Å². The van der Waals surface area contributed by atoms with Crippen molar-refractivity contribution in [1.82, 2.24) is 4.90 Å². The molecule has 0 saturated carbocycles. The fourth-order valence-electron chi connectivity index (χ4n) is 2.76. The maximum absolute atomic E-state index is 5.44. The molecule has 0 fully saturated rings. The minimum atomic E-state index is 0.575. The molecule has 0 aliphatic carbocycles. The van der Waals surface area contributed by atoms with E-state index in [0.717, 1.165) is 31.9 Å². The standard InChI is InChI=1S/C16H20N2O/c1-2-18(12-14-6-5-9-19-14)11-13-10-17-16-8-4-3-7-15(13)16/h3-9,13,17H,2,10-12H2,1H3. The largest absolute Gasteiger partial charge is 0.468 e. The molecule has 1 atom stereocenters. The fourth-order valence-corrected chi connectivity index (χ4v) is 2.76. The first kappa shape index (κ1) is 12.3. The lowest BCUT2D eigenvalue weighted by Crippen LogP contribution is -2.28. The molecule has 0 saturated heterocycles. The van der Waals surface area contributed by atoms with Gasteiger partial charge in [0.05, 0.1) is 12.8 Å². The molecule has 3 rings (SSSR count). The first-order valence-corrected chi connectivity index (χ1v) is 6.94. The number of nitrogens with one attached hydrogen (secondary N) is 1. The van der Waals surface area contributed by atoms with Gasteiger partial charge in [0.2, 0.25) is 0 Å². The van der Waals surface area contributed by atoms with Crippen LogP contribution < -0.4 is 5.32 Å². The Bertz CT molecular complexity index is 521. The number of hydrogen-bond donors (Lipinski definition) is 1. The van der Waals surface area contributed by atoms with Crippen LogP contribution in [0, 0.1) is 0 Å². The lowest BCUT2D eigenvalue weighted by Gasteiger charge is -2.23. The predicted molar refractivity (Wildman–Crippen MR) is 77.3 cm³/mol. The van der Waals surface area contributed by atoms with Crippen molar-refractivity contribution in [3.63, 3.8) is 0 Å². The zero-order valence-electron chi connectivity index (χ0n) is 11.3. The van der Waals surface area contributed by atoms with E-state index < -0.39 is 0 Å². The molecule has 0 spiro atoms. The molecule has 100 valence electrons. The molecular weight excluding hydrogens is 236 g/mol. The van der Waals surface area contributed by atoms with E-state index in [1.54, 1.807) is 6.26 Å². The minimum absolute atomic E-state index is 0.575. The number of hydrogen-bond acceptors (Lipinski definition) is 3. The molecule has 0 bridgehead atoms. The Morgan fingerprint density at radius 2 is 2.16 bits per heavy atom. The highest BCUT2D eigenvalue weighted by atomic mass is 16.3. The number of benzene rings is 1. The van der Waals surface area contributed by atoms with Crippen molar-refractivity contribution < 1.29 is 4.42 Å². The van der Waals surface area contributed by atoms with Crippen molar-refractivity contribution in [3.05, 3.63) is 54.0 Å². The van der Waals surface area contributed by atoms with Crippen LogP contribution in [0.25, 0.3) is 0 Å². The third-order valence-corrected chi connectivity index (χ3v) is 3.82. The van der Waals surface area contributed by atoms with Gasteiger partial charge < -0.3 is 9.73 Å². The summed E-state index contributed by atoms with van der Waals surface area (Å²) in [6.07, 6.45) is 1.75. The van der Waals surface area contributed by atoms with E-state index in [4.69, 9.17) is 4.42 Å². The van der Waals surface area contributed by atoms with Crippen LogP contribution in [-0.4, -0.2) is 24.5 Å². The highest BCUT2D eigenvalue weighted by Gasteiger charge is 2.23. The second-order valence-electron chi connectivity index (χ2n) is 5.07. The normalized spacial score (nSPS) is 17.5. The second kappa shape index (κ2) is 5.49. The predicted octanol–water partition coefficient (Wildman–Crippen LogP) is 3.31. The Hall–Kier alpha value is -1.74. The van der Waals surface area contributed by atoms with E-state index in [2.05, 4.69) is 41.4 Å². The maximum atomic E-state index is 5.44. The summed E-state index contributed by atoms with van der Waals surface area (Å²) in [5, 5.41) is 3.49. The van der Waals surface area contributed by atoms with Crippen molar-refractivity contribution in [2.45, 2.75) is 19.4 Å². The first-order valence-electron chi connectivity index (χ1n) is 6.94. The molecule has 1 N–H and O–H groups in total. The lowest BCUT2D eigenvalue weighted by molar-refractivity contribution is 0.244. The molecular formula is C16H20N2O. The van der Waals surface area contributed by atoms with Gasteiger partial charge in [-0.1, -0.05) is 25.1 Å². The van der Waals surface area contributed by atoms with Gasteiger partial charge in [-0.15, -0.1) is 0 Å². The average molecular weight is 256 g/mol. The zero-order valence-corrected chi connectivity index (χ0v) is 11.3. The summed E-state index contributed by atoms with van der Waals surface area (Å²) in [6.45, 7) is 6.24. The molecule has 1 aliphatic rings. The van der Waals surface area contributed by atoms with Gasteiger partial charge in [0.1, 0.15) is 5.76 Å². The van der Waals surface area contributed by atoms with Crippen LogP contribution in [0.2, 0.25) is 0 Å². The summed E-state index contributed by atoms with van der Waals surface area (Å²) in [5.41, 5.74) is 2.74. The molecule has 1 aromatic heterocycles. The Morgan fingerprint density at radius 3 is 2.95 bits per heavy atom. The molecule has 3 heteroatoms. The molecule has 19 heavy (non-hydrogen) atoms. The van der Waals surface area contributed by atoms with Gasteiger partial charge in [-0.25, -0.2) is 0 Å². The molecule has 3 nitrogen and oxygen atoms in total. The smallest absolute Gasteiger partial charge is 0.117 e. The van der Waals surface area contributed by atoms with Gasteiger partial charge in [-0.05, 0) is 30.3 Å². The highest BCUT2D eigenvalue weighted by Crippen LogP contribution is 2.31. The van der Waals surface area contributed by atoms with E-state index in [-0.39, 0.29) is 0 Å². The van der Waals surface area contributed by atoms with Crippen molar-refractivity contribution in [1.29, 1.82) is 0 Å². The summed E-state index contributed by atoms with van der Waals surface area (Å²) >= 11 is 0. The van der Waals surface area contributed by atoms with Crippen LogP contribution >= 0.6 is 0 Å². The second-order valence-corrected chi connectivity index (χ2v) is 5.07. The fraction of sp³-hybridized carbons (Fsp3) is 0.375. The third-order valence-electron chi connectivity index (χ3n) is 3.82. The molecule has 2 aromatic rings. The summed E-state index contributed by atoms with van der Waals surface area (Å²) in [5.74, 6) is 1.62. The van der Waals surface area contributed by atoms with Crippen molar-refractivity contribution in [2.24, 2.45) is 0 Å². The minimum Gasteiger partial charge on any atom is -0.468 e. The van der Waals surface area contributed by atoms with Crippen LogP contribution in [0.1, 0.15) is 24.2 Å².